The van der Waals surface area contributed by atoms with E-state index in [0.29, 0.717) is 38.2 Å². The predicted molar refractivity (Wildman–Crippen MR) is 102 cm³/mol. The molecular formula is C21H30N2O3. The Morgan fingerprint density at radius 3 is 1.85 bits per heavy atom. The zero-order valence-electron chi connectivity index (χ0n) is 16.4. The quantitative estimate of drug-likeness (QED) is 0.760. The monoisotopic (exact) mass is 358 g/mol. The van der Waals surface area contributed by atoms with E-state index in [4.69, 9.17) is 0 Å². The zero-order chi connectivity index (χ0) is 19.3. The molecule has 0 radical (unpaired) electrons. The van der Waals surface area contributed by atoms with E-state index < -0.39 is 0 Å². The van der Waals surface area contributed by atoms with Gasteiger partial charge in [-0.3, -0.25) is 14.4 Å². The third-order valence-electron chi connectivity index (χ3n) is 4.61. The van der Waals surface area contributed by atoms with Crippen molar-refractivity contribution in [3.05, 3.63) is 35.4 Å². The molecule has 1 heterocycles. The Balaban J connectivity index is 1.77. The van der Waals surface area contributed by atoms with Gasteiger partial charge in [0.05, 0.1) is 0 Å². The number of ketones is 1. The van der Waals surface area contributed by atoms with Gasteiger partial charge >= 0.3 is 0 Å². The first-order valence-corrected chi connectivity index (χ1v) is 9.31. The average molecular weight is 358 g/mol. The lowest BCUT2D eigenvalue weighted by molar-refractivity contribution is -0.140. The summed E-state index contributed by atoms with van der Waals surface area (Å²) in [7, 11) is 0. The Labute approximate surface area is 156 Å². The van der Waals surface area contributed by atoms with Crippen LogP contribution in [0.4, 0.5) is 0 Å². The Hall–Kier alpha value is -2.17. The van der Waals surface area contributed by atoms with E-state index in [1.165, 1.54) is 0 Å². The van der Waals surface area contributed by atoms with E-state index >= 15 is 0 Å². The van der Waals surface area contributed by atoms with Gasteiger partial charge in [-0.25, -0.2) is 0 Å². The van der Waals surface area contributed by atoms with E-state index in [2.05, 4.69) is 20.8 Å². The summed E-state index contributed by atoms with van der Waals surface area (Å²) in [5.74, 6) is 0.143. The van der Waals surface area contributed by atoms with Crippen molar-refractivity contribution in [3.63, 3.8) is 0 Å². The molecule has 0 aliphatic carbocycles. The maximum absolute atomic E-state index is 12.4. The molecule has 1 saturated heterocycles. The van der Waals surface area contributed by atoms with Crippen LogP contribution in [0.2, 0.25) is 0 Å². The average Bonchev–Trinajstić information content (AvgIpc) is 2.58. The van der Waals surface area contributed by atoms with Crippen LogP contribution in [0.1, 0.15) is 56.0 Å². The fourth-order valence-electron chi connectivity index (χ4n) is 3.03. The predicted octanol–water partition coefficient (Wildman–Crippen LogP) is 3.06. The molecule has 2 amide bonds. The number of Topliss-reactive ketones (excluding diaryl/α,β-unsaturated/α-hetero) is 1. The summed E-state index contributed by atoms with van der Waals surface area (Å²) >= 11 is 0. The highest BCUT2D eigenvalue weighted by Crippen LogP contribution is 2.20. The van der Waals surface area contributed by atoms with Crippen molar-refractivity contribution in [3.8, 4) is 0 Å². The van der Waals surface area contributed by atoms with Gasteiger partial charge in [-0.1, -0.05) is 50.6 Å². The normalized spacial score (nSPS) is 15.1. The van der Waals surface area contributed by atoms with Crippen LogP contribution in [0.25, 0.3) is 0 Å². The largest absolute Gasteiger partial charge is 0.339 e. The van der Waals surface area contributed by atoms with Crippen molar-refractivity contribution in [2.75, 3.05) is 26.2 Å². The number of carbonyl (C=O) groups is 3. The number of benzene rings is 1. The number of hydrogen-bond acceptors (Lipinski definition) is 3. The molecule has 5 nitrogen and oxygen atoms in total. The summed E-state index contributed by atoms with van der Waals surface area (Å²) in [4.78, 5) is 40.4. The molecule has 1 aromatic carbocycles. The van der Waals surface area contributed by atoms with E-state index in [1.807, 2.05) is 36.1 Å². The summed E-state index contributed by atoms with van der Waals surface area (Å²) in [6.07, 6.45) is 0.972. The molecule has 1 aromatic rings. The highest BCUT2D eigenvalue weighted by atomic mass is 16.2. The van der Waals surface area contributed by atoms with E-state index in [0.717, 1.165) is 5.56 Å². The first kappa shape index (κ1) is 20.1. The fraction of sp³-hybridized carbons (Fsp3) is 0.571. The Bertz CT molecular complexity index is 651. The molecule has 0 spiro atoms. The molecule has 1 fully saturated rings. The van der Waals surface area contributed by atoms with Crippen LogP contribution in [0, 0.1) is 12.3 Å². The molecule has 0 unspecified atom stereocenters. The van der Waals surface area contributed by atoms with Crippen molar-refractivity contribution < 1.29 is 14.4 Å². The highest BCUT2D eigenvalue weighted by Gasteiger charge is 2.26. The van der Waals surface area contributed by atoms with Gasteiger partial charge < -0.3 is 9.80 Å². The second kappa shape index (κ2) is 8.47. The molecule has 0 saturated carbocycles. The summed E-state index contributed by atoms with van der Waals surface area (Å²) in [5, 5.41) is 0. The van der Waals surface area contributed by atoms with Crippen LogP contribution in [0.15, 0.2) is 24.3 Å². The van der Waals surface area contributed by atoms with Gasteiger partial charge in [0.25, 0.3) is 0 Å². The minimum atomic E-state index is -0.0274. The molecule has 2 rings (SSSR count). The number of carbonyl (C=O) groups excluding carboxylic acids is 3. The second-order valence-corrected chi connectivity index (χ2v) is 8.29. The maximum atomic E-state index is 12.4. The Kier molecular flexibility index (Phi) is 6.57. The third-order valence-corrected chi connectivity index (χ3v) is 4.61. The van der Waals surface area contributed by atoms with E-state index in [-0.39, 0.29) is 35.9 Å². The van der Waals surface area contributed by atoms with Crippen molar-refractivity contribution in [1.82, 2.24) is 9.80 Å². The van der Waals surface area contributed by atoms with Crippen LogP contribution in [0.3, 0.4) is 0 Å². The minimum Gasteiger partial charge on any atom is -0.339 e. The molecule has 142 valence electrons. The van der Waals surface area contributed by atoms with Crippen LogP contribution in [0.5, 0.6) is 0 Å². The molecule has 1 aliphatic heterocycles. The van der Waals surface area contributed by atoms with E-state index in [9.17, 15) is 14.4 Å². The van der Waals surface area contributed by atoms with Crippen molar-refractivity contribution in [2.45, 2.75) is 47.0 Å². The SMILES string of the molecule is Cc1ccc(C(=O)CCC(=O)N2CCN(C(=O)CC(C)(C)C)CC2)cc1. The van der Waals surface area contributed by atoms with Crippen LogP contribution >= 0.6 is 0 Å². The number of amides is 2. The first-order chi connectivity index (χ1) is 12.2. The van der Waals surface area contributed by atoms with Gasteiger partial charge in [-0.2, -0.15) is 0 Å². The number of rotatable bonds is 5. The van der Waals surface area contributed by atoms with Crippen LogP contribution in [-0.4, -0.2) is 53.6 Å². The standard InChI is InChI=1S/C21H30N2O3/c1-16-5-7-17(8-6-16)18(24)9-10-19(25)22-11-13-23(14-12-22)20(26)15-21(2,3)4/h5-8H,9-15H2,1-4H3. The lowest BCUT2D eigenvalue weighted by Gasteiger charge is -2.36. The van der Waals surface area contributed by atoms with Gasteiger partial charge in [0.1, 0.15) is 0 Å². The smallest absolute Gasteiger partial charge is 0.223 e. The molecular weight excluding hydrogens is 328 g/mol. The summed E-state index contributed by atoms with van der Waals surface area (Å²) in [5.41, 5.74) is 1.73. The first-order valence-electron chi connectivity index (χ1n) is 9.31. The van der Waals surface area contributed by atoms with Gasteiger partial charge in [0.2, 0.25) is 11.8 Å². The van der Waals surface area contributed by atoms with Crippen LogP contribution in [-0.2, 0) is 9.59 Å². The van der Waals surface area contributed by atoms with Crippen molar-refractivity contribution >= 4 is 17.6 Å². The number of nitrogens with zero attached hydrogens (tertiary/aromatic N) is 2. The number of aryl methyl sites for hydroxylation is 1. The highest BCUT2D eigenvalue weighted by molar-refractivity contribution is 5.98. The van der Waals surface area contributed by atoms with Crippen molar-refractivity contribution in [2.24, 2.45) is 5.41 Å². The van der Waals surface area contributed by atoms with Gasteiger partial charge in [0, 0.05) is 51.0 Å². The zero-order valence-corrected chi connectivity index (χ0v) is 16.4. The number of hydrogen-bond donors (Lipinski definition) is 0. The maximum Gasteiger partial charge on any atom is 0.223 e. The topological polar surface area (TPSA) is 57.7 Å². The number of piperazine rings is 1. The molecule has 0 N–H and O–H groups in total. The second-order valence-electron chi connectivity index (χ2n) is 8.29. The van der Waals surface area contributed by atoms with E-state index in [1.54, 1.807) is 4.90 Å². The lowest BCUT2D eigenvalue weighted by Crippen LogP contribution is -2.51. The molecule has 0 aromatic heterocycles. The molecule has 5 heteroatoms. The molecule has 0 atom stereocenters. The Morgan fingerprint density at radius 2 is 1.35 bits per heavy atom. The lowest BCUT2D eigenvalue weighted by atomic mass is 9.91. The van der Waals surface area contributed by atoms with Crippen molar-refractivity contribution in [1.29, 1.82) is 0 Å². The minimum absolute atomic E-state index is 0.00246. The van der Waals surface area contributed by atoms with Gasteiger partial charge in [-0.05, 0) is 12.3 Å². The fourth-order valence-corrected chi connectivity index (χ4v) is 3.03. The summed E-state index contributed by atoms with van der Waals surface area (Å²) in [6.45, 7) is 10.4. The summed E-state index contributed by atoms with van der Waals surface area (Å²) in [6, 6.07) is 7.43. The third kappa shape index (κ3) is 5.97. The van der Waals surface area contributed by atoms with Gasteiger partial charge in [-0.15, -0.1) is 0 Å². The molecule has 0 bridgehead atoms. The van der Waals surface area contributed by atoms with Gasteiger partial charge in [0.15, 0.2) is 5.78 Å². The summed E-state index contributed by atoms with van der Waals surface area (Å²) < 4.78 is 0. The Morgan fingerprint density at radius 1 is 0.846 bits per heavy atom. The molecule has 1 aliphatic rings. The van der Waals surface area contributed by atoms with Crippen LogP contribution < -0.4 is 0 Å². The molecule has 26 heavy (non-hydrogen) atoms.